The van der Waals surface area contributed by atoms with Gasteiger partial charge in [-0.25, -0.2) is 9.78 Å². The first-order valence-electron chi connectivity index (χ1n) is 9.58. The summed E-state index contributed by atoms with van der Waals surface area (Å²) in [5.74, 6) is -1.60. The number of allylic oxidation sites excluding steroid dienone is 4. The van der Waals surface area contributed by atoms with Crippen molar-refractivity contribution >= 4 is 40.3 Å². The molecule has 1 aromatic carbocycles. The third kappa shape index (κ3) is 4.69. The molecular weight excluding hydrogens is 411 g/mol. The lowest BCUT2D eigenvalue weighted by Crippen LogP contribution is -2.17. The quantitative estimate of drug-likeness (QED) is 0.483. The number of esters is 1. The highest BCUT2D eigenvalue weighted by Gasteiger charge is 2.22. The van der Waals surface area contributed by atoms with E-state index >= 15 is 0 Å². The molecule has 2 unspecified atom stereocenters. The molecule has 5 nitrogen and oxygen atoms in total. The number of oxazole rings is 1. The van der Waals surface area contributed by atoms with E-state index in [0.717, 1.165) is 5.56 Å². The van der Waals surface area contributed by atoms with Crippen LogP contribution in [0.25, 0.3) is 11.1 Å². The second kappa shape index (κ2) is 8.39. The van der Waals surface area contributed by atoms with E-state index in [1.165, 1.54) is 0 Å². The van der Waals surface area contributed by atoms with E-state index in [-0.39, 0.29) is 18.4 Å². The highest BCUT2D eigenvalue weighted by molar-refractivity contribution is 6.35. The number of aromatic nitrogens is 2. The van der Waals surface area contributed by atoms with E-state index < -0.39 is 11.9 Å². The van der Waals surface area contributed by atoms with E-state index in [4.69, 9.17) is 33.7 Å². The molecule has 2 atom stereocenters. The van der Waals surface area contributed by atoms with E-state index in [1.54, 1.807) is 42.7 Å². The molecule has 0 amide bonds. The number of fused-ring (bicyclic) bond motifs is 1. The maximum absolute atomic E-state index is 12.6. The Morgan fingerprint density at radius 1 is 1.41 bits per heavy atom. The Balaban J connectivity index is 1.52. The van der Waals surface area contributed by atoms with Crippen LogP contribution in [0.2, 0.25) is 0 Å². The van der Waals surface area contributed by atoms with Crippen LogP contribution in [0, 0.1) is 0 Å². The van der Waals surface area contributed by atoms with Crippen LogP contribution in [0.3, 0.4) is 0 Å². The molecular formula is C22H18Cl2N2O3. The summed E-state index contributed by atoms with van der Waals surface area (Å²) in [6.07, 6.45) is 7.04. The predicted molar refractivity (Wildman–Crippen MR) is 112 cm³/mol. The molecule has 2 aromatic heterocycles. The SMILES string of the molecule is [2H]C1(c2nc3ccc(C(=O)OC(C)Cc4cccnc4)cc3o2)C=C(Cl)C=C(Cl)C1. The summed E-state index contributed by atoms with van der Waals surface area (Å²) in [6, 6.07) is 8.64. The Bertz CT molecular complexity index is 1160. The molecule has 2 heterocycles. The fourth-order valence-corrected chi connectivity index (χ4v) is 3.69. The first kappa shape index (κ1) is 18.4. The minimum absolute atomic E-state index is 0.164. The van der Waals surface area contributed by atoms with Crippen molar-refractivity contribution in [2.24, 2.45) is 0 Å². The molecule has 29 heavy (non-hydrogen) atoms. The number of halogens is 2. The molecule has 1 aliphatic rings. The predicted octanol–water partition coefficient (Wildman–Crippen LogP) is 5.74. The number of hydrogen-bond donors (Lipinski definition) is 0. The van der Waals surface area contributed by atoms with Crippen LogP contribution in [-0.4, -0.2) is 22.0 Å². The number of rotatable bonds is 5. The van der Waals surface area contributed by atoms with Gasteiger partial charge < -0.3 is 9.15 Å². The van der Waals surface area contributed by atoms with Gasteiger partial charge in [-0.2, -0.15) is 0 Å². The summed E-state index contributed by atoms with van der Waals surface area (Å²) in [4.78, 5) is 21.0. The molecule has 0 aliphatic heterocycles. The first-order valence-corrected chi connectivity index (χ1v) is 9.83. The molecule has 0 saturated heterocycles. The third-order valence-corrected chi connectivity index (χ3v) is 4.88. The molecule has 148 valence electrons. The van der Waals surface area contributed by atoms with Gasteiger partial charge in [-0.15, -0.1) is 0 Å². The van der Waals surface area contributed by atoms with Crippen molar-refractivity contribution in [3.05, 3.63) is 82.0 Å². The van der Waals surface area contributed by atoms with Crippen molar-refractivity contribution in [2.45, 2.75) is 31.8 Å². The van der Waals surface area contributed by atoms with Crippen molar-refractivity contribution in [1.29, 1.82) is 0 Å². The van der Waals surface area contributed by atoms with Crippen LogP contribution >= 0.6 is 23.2 Å². The molecule has 0 radical (unpaired) electrons. The minimum Gasteiger partial charge on any atom is -0.459 e. The number of benzene rings is 1. The lowest BCUT2D eigenvalue weighted by atomic mass is 10.0. The Morgan fingerprint density at radius 2 is 2.28 bits per heavy atom. The molecule has 0 N–H and O–H groups in total. The van der Waals surface area contributed by atoms with Crippen molar-refractivity contribution < 1.29 is 15.3 Å². The van der Waals surface area contributed by atoms with Crippen molar-refractivity contribution in [3.63, 3.8) is 0 Å². The zero-order valence-electron chi connectivity index (χ0n) is 16.6. The second-order valence-electron chi connectivity index (χ2n) is 6.81. The Kier molecular flexibility index (Phi) is 5.33. The van der Waals surface area contributed by atoms with Crippen LogP contribution in [0.5, 0.6) is 0 Å². The molecule has 0 saturated carbocycles. The Hall–Kier alpha value is -2.63. The van der Waals surface area contributed by atoms with Gasteiger partial charge in [0.1, 0.15) is 11.6 Å². The number of carbonyl (C=O) groups is 1. The lowest BCUT2D eigenvalue weighted by Gasteiger charge is -2.13. The van der Waals surface area contributed by atoms with Gasteiger partial charge in [0.25, 0.3) is 0 Å². The van der Waals surface area contributed by atoms with Gasteiger partial charge in [-0.3, -0.25) is 4.98 Å². The van der Waals surface area contributed by atoms with Crippen LogP contribution in [0.4, 0.5) is 0 Å². The average molecular weight is 430 g/mol. The zero-order chi connectivity index (χ0) is 21.3. The largest absolute Gasteiger partial charge is 0.459 e. The number of ether oxygens (including phenoxy) is 1. The minimum atomic E-state index is -1.30. The lowest BCUT2D eigenvalue weighted by molar-refractivity contribution is 0.0343. The number of nitrogens with zero attached hydrogens (tertiary/aromatic N) is 2. The van der Waals surface area contributed by atoms with E-state index in [1.807, 2.05) is 19.1 Å². The Morgan fingerprint density at radius 3 is 3.03 bits per heavy atom. The Labute approximate surface area is 179 Å². The molecule has 0 spiro atoms. The summed E-state index contributed by atoms with van der Waals surface area (Å²) in [6.45, 7) is 1.83. The topological polar surface area (TPSA) is 65.2 Å². The van der Waals surface area contributed by atoms with Gasteiger partial charge in [-0.1, -0.05) is 35.3 Å². The zero-order valence-corrected chi connectivity index (χ0v) is 17.1. The maximum Gasteiger partial charge on any atom is 0.338 e. The average Bonchev–Trinajstić information content (AvgIpc) is 3.12. The molecule has 7 heteroatoms. The van der Waals surface area contributed by atoms with Gasteiger partial charge in [0.2, 0.25) is 5.89 Å². The summed E-state index contributed by atoms with van der Waals surface area (Å²) >= 11 is 12.2. The molecule has 1 aliphatic carbocycles. The molecule has 4 rings (SSSR count). The van der Waals surface area contributed by atoms with E-state index in [2.05, 4.69) is 9.97 Å². The highest BCUT2D eigenvalue weighted by atomic mass is 35.5. The van der Waals surface area contributed by atoms with Crippen molar-refractivity contribution in [3.8, 4) is 0 Å². The third-order valence-electron chi connectivity index (χ3n) is 4.42. The fraction of sp³-hybridized carbons (Fsp3) is 0.227. The van der Waals surface area contributed by atoms with E-state index in [9.17, 15) is 4.79 Å². The van der Waals surface area contributed by atoms with Gasteiger partial charge >= 0.3 is 5.97 Å². The van der Waals surface area contributed by atoms with Crippen molar-refractivity contribution in [1.82, 2.24) is 9.97 Å². The molecule has 0 bridgehead atoms. The smallest absolute Gasteiger partial charge is 0.338 e. The van der Waals surface area contributed by atoms with Crippen LogP contribution < -0.4 is 0 Å². The number of carbonyl (C=O) groups excluding carboxylic acids is 1. The molecule has 0 fully saturated rings. The summed E-state index contributed by atoms with van der Waals surface area (Å²) in [7, 11) is 0. The van der Waals surface area contributed by atoms with Crippen LogP contribution in [0.1, 0.15) is 42.4 Å². The van der Waals surface area contributed by atoms with Gasteiger partial charge in [0.05, 0.1) is 11.5 Å². The van der Waals surface area contributed by atoms with Gasteiger partial charge in [0.15, 0.2) is 5.58 Å². The highest BCUT2D eigenvalue weighted by Crippen LogP contribution is 2.35. The fourth-order valence-electron chi connectivity index (χ4n) is 3.11. The van der Waals surface area contributed by atoms with Crippen LogP contribution in [-0.2, 0) is 11.2 Å². The maximum atomic E-state index is 12.6. The van der Waals surface area contributed by atoms with Crippen LogP contribution in [0.15, 0.2) is 69.4 Å². The van der Waals surface area contributed by atoms with Gasteiger partial charge in [-0.05, 0) is 49.2 Å². The van der Waals surface area contributed by atoms with E-state index in [0.29, 0.717) is 33.1 Å². The summed E-state index contributed by atoms with van der Waals surface area (Å²) < 4.78 is 20.0. The molecule has 3 aromatic rings. The normalized spacial score (nSPS) is 20.6. The summed E-state index contributed by atoms with van der Waals surface area (Å²) in [5.41, 5.74) is 2.26. The summed E-state index contributed by atoms with van der Waals surface area (Å²) in [5, 5.41) is 0.807. The first-order chi connectivity index (χ1) is 14.3. The number of pyridine rings is 1. The second-order valence-corrected chi connectivity index (χ2v) is 7.73. The number of hydrogen-bond acceptors (Lipinski definition) is 5. The standard InChI is InChI=1S/C22H18Cl2N2O3/c1-13(7-14-3-2-6-25-12-14)28-22(27)15-4-5-19-20(10-15)29-21(26-19)16-8-17(23)11-18(24)9-16/h2-6,8,10-13,16H,7,9H2,1H3/i16D. The van der Waals surface area contributed by atoms with Gasteiger partial charge in [0, 0.05) is 30.2 Å². The monoisotopic (exact) mass is 429 g/mol. The van der Waals surface area contributed by atoms with Crippen molar-refractivity contribution in [2.75, 3.05) is 0 Å².